The minimum atomic E-state index is -0.477. The van der Waals surface area contributed by atoms with Crippen LogP contribution in [0.2, 0.25) is 0 Å². The van der Waals surface area contributed by atoms with Crippen LogP contribution >= 0.6 is 0 Å². The Morgan fingerprint density at radius 2 is 1.67 bits per heavy atom. The molecule has 1 aliphatic carbocycles. The Morgan fingerprint density at radius 1 is 1.11 bits per heavy atom. The fraction of sp³-hybridized carbons (Fsp3) is 0.214. The monoisotopic (exact) mass is 244 g/mol. The molecule has 1 aromatic rings. The highest BCUT2D eigenvalue weighted by Gasteiger charge is 2.29. The maximum Gasteiger partial charge on any atom is 0.302 e. The normalized spacial score (nSPS) is 14.6. The summed E-state index contributed by atoms with van der Waals surface area (Å²) in [5, 5.41) is 0. The number of ether oxygens (including phenoxy) is 1. The van der Waals surface area contributed by atoms with Gasteiger partial charge in [-0.05, 0) is 6.92 Å². The molecule has 0 saturated carbocycles. The lowest BCUT2D eigenvalue weighted by atomic mass is 9.85. The van der Waals surface area contributed by atoms with Crippen molar-refractivity contribution in [2.75, 3.05) is 6.61 Å². The number of hydrogen-bond donors (Lipinski definition) is 0. The lowest BCUT2D eigenvalue weighted by Crippen LogP contribution is -2.24. The van der Waals surface area contributed by atoms with E-state index in [0.717, 1.165) is 0 Å². The van der Waals surface area contributed by atoms with Crippen molar-refractivity contribution in [1.29, 1.82) is 0 Å². The van der Waals surface area contributed by atoms with Crippen LogP contribution in [0.25, 0.3) is 0 Å². The molecule has 18 heavy (non-hydrogen) atoms. The second kappa shape index (κ2) is 4.56. The fourth-order valence-electron chi connectivity index (χ4n) is 1.90. The van der Waals surface area contributed by atoms with Crippen molar-refractivity contribution >= 4 is 17.5 Å². The molecule has 0 atom stereocenters. The quantitative estimate of drug-likeness (QED) is 0.746. The zero-order chi connectivity index (χ0) is 13.3. The Balaban J connectivity index is 2.43. The van der Waals surface area contributed by atoms with Crippen molar-refractivity contribution < 1.29 is 19.1 Å². The zero-order valence-corrected chi connectivity index (χ0v) is 10.1. The maximum absolute atomic E-state index is 12.2. The number of Topliss-reactive ketones (excluding diaryl/α,β-unsaturated/α-hetero) is 2. The first kappa shape index (κ1) is 12.2. The SMILES string of the molecule is CC(=O)OCC1=C(C)C(=O)c2ccccc2C1=O. The van der Waals surface area contributed by atoms with Crippen molar-refractivity contribution in [3.63, 3.8) is 0 Å². The third kappa shape index (κ3) is 1.97. The van der Waals surface area contributed by atoms with E-state index in [2.05, 4.69) is 0 Å². The molecule has 0 unspecified atom stereocenters. The van der Waals surface area contributed by atoms with E-state index in [1.54, 1.807) is 31.2 Å². The molecule has 0 aliphatic heterocycles. The molecule has 0 fully saturated rings. The summed E-state index contributed by atoms with van der Waals surface area (Å²) in [7, 11) is 0. The van der Waals surface area contributed by atoms with E-state index in [4.69, 9.17) is 4.74 Å². The van der Waals surface area contributed by atoms with Crippen LogP contribution in [0.3, 0.4) is 0 Å². The molecule has 0 aromatic heterocycles. The molecule has 0 saturated heterocycles. The summed E-state index contributed by atoms with van der Waals surface area (Å²) in [5.41, 5.74) is 1.38. The number of esters is 1. The molecular formula is C14H12O4. The van der Waals surface area contributed by atoms with Gasteiger partial charge in [0.1, 0.15) is 6.61 Å². The molecule has 0 radical (unpaired) electrons. The van der Waals surface area contributed by atoms with Gasteiger partial charge >= 0.3 is 5.97 Å². The van der Waals surface area contributed by atoms with E-state index in [1.807, 2.05) is 0 Å². The van der Waals surface area contributed by atoms with Crippen molar-refractivity contribution in [3.8, 4) is 0 Å². The number of carbonyl (C=O) groups excluding carboxylic acids is 3. The lowest BCUT2D eigenvalue weighted by molar-refractivity contribution is -0.139. The molecular weight excluding hydrogens is 232 g/mol. The number of carbonyl (C=O) groups is 3. The molecule has 4 heteroatoms. The van der Waals surface area contributed by atoms with Crippen LogP contribution in [-0.2, 0) is 9.53 Å². The van der Waals surface area contributed by atoms with Gasteiger partial charge in [-0.1, -0.05) is 24.3 Å². The van der Waals surface area contributed by atoms with Crippen molar-refractivity contribution in [2.24, 2.45) is 0 Å². The van der Waals surface area contributed by atoms with E-state index < -0.39 is 5.97 Å². The third-order valence-electron chi connectivity index (χ3n) is 2.90. The molecule has 4 nitrogen and oxygen atoms in total. The van der Waals surface area contributed by atoms with Crippen LogP contribution < -0.4 is 0 Å². The van der Waals surface area contributed by atoms with Crippen molar-refractivity contribution in [1.82, 2.24) is 0 Å². The van der Waals surface area contributed by atoms with Crippen LogP contribution in [0.15, 0.2) is 35.4 Å². The summed E-state index contributed by atoms with van der Waals surface area (Å²) in [6, 6.07) is 6.65. The lowest BCUT2D eigenvalue weighted by Gasteiger charge is -2.18. The van der Waals surface area contributed by atoms with Crippen molar-refractivity contribution in [3.05, 3.63) is 46.5 Å². The van der Waals surface area contributed by atoms with E-state index in [-0.39, 0.29) is 23.7 Å². The van der Waals surface area contributed by atoms with Crippen LogP contribution in [-0.4, -0.2) is 24.1 Å². The predicted octanol–water partition coefficient (Wildman–Crippen LogP) is 1.95. The van der Waals surface area contributed by atoms with Gasteiger partial charge in [0.25, 0.3) is 0 Å². The first-order valence-corrected chi connectivity index (χ1v) is 5.54. The first-order chi connectivity index (χ1) is 8.52. The largest absolute Gasteiger partial charge is 0.461 e. The standard InChI is InChI=1S/C14H12O4/c1-8-12(7-18-9(2)15)14(17)11-6-4-3-5-10(11)13(8)16/h3-6H,7H2,1-2H3. The second-order valence-corrected chi connectivity index (χ2v) is 4.09. The highest BCUT2D eigenvalue weighted by atomic mass is 16.5. The Morgan fingerprint density at radius 3 is 2.22 bits per heavy atom. The Kier molecular flexibility index (Phi) is 3.10. The number of fused-ring (bicyclic) bond motifs is 1. The highest BCUT2D eigenvalue weighted by Crippen LogP contribution is 2.26. The molecule has 0 heterocycles. The smallest absolute Gasteiger partial charge is 0.302 e. The van der Waals surface area contributed by atoms with Crippen LogP contribution in [0.5, 0.6) is 0 Å². The highest BCUT2D eigenvalue weighted by molar-refractivity contribution is 6.26. The van der Waals surface area contributed by atoms with Crippen molar-refractivity contribution in [2.45, 2.75) is 13.8 Å². The fourth-order valence-corrected chi connectivity index (χ4v) is 1.90. The van der Waals surface area contributed by atoms with Gasteiger partial charge in [-0.2, -0.15) is 0 Å². The number of rotatable bonds is 2. The van der Waals surface area contributed by atoms with E-state index >= 15 is 0 Å². The van der Waals surface area contributed by atoms with E-state index in [9.17, 15) is 14.4 Å². The van der Waals surface area contributed by atoms with Gasteiger partial charge in [0.05, 0.1) is 0 Å². The number of ketones is 2. The van der Waals surface area contributed by atoms with Crippen LogP contribution in [0.4, 0.5) is 0 Å². The van der Waals surface area contributed by atoms with Gasteiger partial charge in [0, 0.05) is 29.2 Å². The average Bonchev–Trinajstić information content (AvgIpc) is 2.36. The minimum absolute atomic E-state index is 0.153. The summed E-state index contributed by atoms with van der Waals surface area (Å²) in [5.74, 6) is -0.911. The van der Waals surface area contributed by atoms with Gasteiger partial charge in [0.15, 0.2) is 11.6 Å². The second-order valence-electron chi connectivity index (χ2n) is 4.09. The molecule has 1 aromatic carbocycles. The van der Waals surface area contributed by atoms with Gasteiger partial charge in [-0.25, -0.2) is 0 Å². The topological polar surface area (TPSA) is 60.4 Å². The molecule has 92 valence electrons. The molecule has 0 amide bonds. The predicted molar refractivity (Wildman–Crippen MR) is 64.4 cm³/mol. The Labute approximate surface area is 104 Å². The minimum Gasteiger partial charge on any atom is -0.461 e. The Bertz CT molecular complexity index is 581. The molecule has 0 spiro atoms. The van der Waals surface area contributed by atoms with Crippen LogP contribution in [0.1, 0.15) is 34.6 Å². The molecule has 1 aliphatic rings. The van der Waals surface area contributed by atoms with Gasteiger partial charge in [-0.3, -0.25) is 14.4 Å². The molecule has 0 N–H and O–H groups in total. The molecule has 2 rings (SSSR count). The summed E-state index contributed by atoms with van der Waals surface area (Å²) in [6.45, 7) is 2.69. The van der Waals surface area contributed by atoms with Gasteiger partial charge in [-0.15, -0.1) is 0 Å². The third-order valence-corrected chi connectivity index (χ3v) is 2.90. The van der Waals surface area contributed by atoms with E-state index in [1.165, 1.54) is 6.92 Å². The summed E-state index contributed by atoms with van der Waals surface area (Å²) >= 11 is 0. The van der Waals surface area contributed by atoms with Gasteiger partial charge in [0.2, 0.25) is 0 Å². The molecule has 0 bridgehead atoms. The maximum atomic E-state index is 12.2. The van der Waals surface area contributed by atoms with E-state index in [0.29, 0.717) is 16.7 Å². The Hall–Kier alpha value is -2.23. The number of hydrogen-bond acceptors (Lipinski definition) is 4. The van der Waals surface area contributed by atoms with Gasteiger partial charge < -0.3 is 4.74 Å². The van der Waals surface area contributed by atoms with Crippen LogP contribution in [0, 0.1) is 0 Å². The summed E-state index contributed by atoms with van der Waals surface area (Å²) in [4.78, 5) is 35.0. The number of benzene rings is 1. The zero-order valence-electron chi connectivity index (χ0n) is 10.1. The number of allylic oxidation sites excluding steroid dienone is 1. The first-order valence-electron chi connectivity index (χ1n) is 5.54. The summed E-state index contributed by atoms with van der Waals surface area (Å²) < 4.78 is 4.82. The average molecular weight is 244 g/mol. The summed E-state index contributed by atoms with van der Waals surface area (Å²) in [6.07, 6.45) is 0.